The van der Waals surface area contributed by atoms with Crippen LogP contribution in [0.1, 0.15) is 45.6 Å². The molecule has 1 saturated heterocycles. The smallest absolute Gasteiger partial charge is 0.118 e. The zero-order chi connectivity index (χ0) is 15.9. The fraction of sp³-hybridized carbons (Fsp3) is 0.684. The van der Waals surface area contributed by atoms with Gasteiger partial charge in [0.05, 0.1) is 7.11 Å². The summed E-state index contributed by atoms with van der Waals surface area (Å²) in [6, 6.07) is 10.4. The molecule has 1 heterocycles. The van der Waals surface area contributed by atoms with Crippen molar-refractivity contribution >= 4 is 0 Å². The second-order valence-corrected chi connectivity index (χ2v) is 6.86. The number of methoxy groups -OCH3 is 1. The maximum absolute atomic E-state index is 5.20. The zero-order valence-electron chi connectivity index (χ0n) is 14.6. The predicted molar refractivity (Wildman–Crippen MR) is 93.6 cm³/mol. The molecule has 1 aromatic rings. The van der Waals surface area contributed by atoms with Crippen molar-refractivity contribution in [3.8, 4) is 5.75 Å². The highest BCUT2D eigenvalue weighted by atomic mass is 16.5. The Kier molecular flexibility index (Phi) is 6.71. The van der Waals surface area contributed by atoms with Crippen LogP contribution in [0.5, 0.6) is 5.75 Å². The van der Waals surface area contributed by atoms with Gasteiger partial charge in [-0.3, -0.25) is 0 Å². The van der Waals surface area contributed by atoms with E-state index in [0.29, 0.717) is 18.1 Å². The molecule has 1 aliphatic heterocycles. The summed E-state index contributed by atoms with van der Waals surface area (Å²) in [5.74, 6) is 0.937. The molecule has 1 aliphatic rings. The van der Waals surface area contributed by atoms with E-state index >= 15 is 0 Å². The zero-order valence-corrected chi connectivity index (χ0v) is 14.6. The highest BCUT2D eigenvalue weighted by Gasteiger charge is 2.21. The van der Waals surface area contributed by atoms with Crippen LogP contribution in [0.3, 0.4) is 0 Å². The minimum Gasteiger partial charge on any atom is -0.497 e. The first-order valence-corrected chi connectivity index (χ1v) is 8.71. The van der Waals surface area contributed by atoms with Crippen molar-refractivity contribution < 1.29 is 4.74 Å². The van der Waals surface area contributed by atoms with Gasteiger partial charge in [0.25, 0.3) is 0 Å². The summed E-state index contributed by atoms with van der Waals surface area (Å²) < 4.78 is 5.20. The molecular formula is C19H32N2O. The van der Waals surface area contributed by atoms with Gasteiger partial charge in [-0.25, -0.2) is 0 Å². The van der Waals surface area contributed by atoms with Gasteiger partial charge >= 0.3 is 0 Å². The molecule has 1 fully saturated rings. The molecule has 1 atom stereocenters. The average molecular weight is 304 g/mol. The Balaban J connectivity index is 1.68. The van der Waals surface area contributed by atoms with Gasteiger partial charge in [0.1, 0.15) is 5.75 Å². The SMILES string of the molecule is COc1ccc(CCC(C)NC2CCN(C(C)C)CC2)cc1. The first kappa shape index (κ1) is 17.3. The maximum atomic E-state index is 5.20. The molecule has 2 rings (SSSR count). The summed E-state index contributed by atoms with van der Waals surface area (Å²) in [7, 11) is 1.71. The number of nitrogens with zero attached hydrogens (tertiary/aromatic N) is 1. The molecule has 3 heteroatoms. The largest absolute Gasteiger partial charge is 0.497 e. The summed E-state index contributed by atoms with van der Waals surface area (Å²) in [5.41, 5.74) is 1.39. The fourth-order valence-electron chi connectivity index (χ4n) is 3.24. The molecule has 0 aliphatic carbocycles. The minimum absolute atomic E-state index is 0.581. The van der Waals surface area contributed by atoms with Crippen LogP contribution >= 0.6 is 0 Å². The third-order valence-electron chi connectivity index (χ3n) is 4.81. The van der Waals surface area contributed by atoms with Crippen molar-refractivity contribution in [3.05, 3.63) is 29.8 Å². The topological polar surface area (TPSA) is 24.5 Å². The number of likely N-dealkylation sites (tertiary alicyclic amines) is 1. The van der Waals surface area contributed by atoms with Crippen molar-refractivity contribution in [3.63, 3.8) is 0 Å². The van der Waals surface area contributed by atoms with E-state index in [2.05, 4.69) is 55.3 Å². The third kappa shape index (κ3) is 5.29. The number of aryl methyl sites for hydroxylation is 1. The van der Waals surface area contributed by atoms with Gasteiger partial charge in [-0.1, -0.05) is 12.1 Å². The maximum Gasteiger partial charge on any atom is 0.118 e. The van der Waals surface area contributed by atoms with Crippen LogP contribution in [0.15, 0.2) is 24.3 Å². The standard InChI is InChI=1S/C19H32N2O/c1-15(2)21-13-11-18(12-14-21)20-16(3)5-6-17-7-9-19(22-4)10-8-17/h7-10,15-16,18,20H,5-6,11-14H2,1-4H3. The highest BCUT2D eigenvalue weighted by Crippen LogP contribution is 2.16. The number of nitrogens with one attached hydrogen (secondary N) is 1. The van der Waals surface area contributed by atoms with Crippen molar-refractivity contribution in [2.45, 2.75) is 64.6 Å². The van der Waals surface area contributed by atoms with Gasteiger partial charge in [0, 0.05) is 18.1 Å². The predicted octanol–water partition coefficient (Wildman–Crippen LogP) is 3.48. The Morgan fingerprint density at radius 1 is 1.14 bits per heavy atom. The van der Waals surface area contributed by atoms with Crippen LogP contribution < -0.4 is 10.1 Å². The van der Waals surface area contributed by atoms with E-state index in [0.717, 1.165) is 12.2 Å². The number of rotatable bonds is 7. The molecule has 0 amide bonds. The molecule has 3 nitrogen and oxygen atoms in total. The molecule has 124 valence electrons. The number of benzene rings is 1. The van der Waals surface area contributed by atoms with E-state index in [1.165, 1.54) is 37.9 Å². The van der Waals surface area contributed by atoms with Crippen LogP contribution in [0.25, 0.3) is 0 Å². The van der Waals surface area contributed by atoms with E-state index in [9.17, 15) is 0 Å². The molecular weight excluding hydrogens is 272 g/mol. The van der Waals surface area contributed by atoms with Crippen LogP contribution in [0.4, 0.5) is 0 Å². The molecule has 0 spiro atoms. The molecule has 1 aromatic carbocycles. The number of piperidine rings is 1. The van der Waals surface area contributed by atoms with Gasteiger partial charge in [-0.15, -0.1) is 0 Å². The van der Waals surface area contributed by atoms with Crippen molar-refractivity contribution in [2.24, 2.45) is 0 Å². The van der Waals surface area contributed by atoms with E-state index in [4.69, 9.17) is 4.74 Å². The average Bonchev–Trinajstić information content (AvgIpc) is 2.54. The Labute approximate surface area is 136 Å². The van der Waals surface area contributed by atoms with Crippen molar-refractivity contribution in [2.75, 3.05) is 20.2 Å². The summed E-state index contributed by atoms with van der Waals surface area (Å²) in [6.07, 6.45) is 4.88. The number of hydrogen-bond acceptors (Lipinski definition) is 3. The summed E-state index contributed by atoms with van der Waals surface area (Å²) in [5, 5.41) is 3.82. The van der Waals surface area contributed by atoms with Crippen LogP contribution in [0, 0.1) is 0 Å². The lowest BCUT2D eigenvalue weighted by Crippen LogP contribution is -2.47. The number of hydrogen-bond donors (Lipinski definition) is 1. The van der Waals surface area contributed by atoms with Gasteiger partial charge < -0.3 is 15.0 Å². The van der Waals surface area contributed by atoms with Crippen molar-refractivity contribution in [1.82, 2.24) is 10.2 Å². The molecule has 0 saturated carbocycles. The first-order chi connectivity index (χ1) is 10.6. The minimum atomic E-state index is 0.581. The van der Waals surface area contributed by atoms with Crippen LogP contribution in [-0.4, -0.2) is 43.2 Å². The molecule has 1 N–H and O–H groups in total. The summed E-state index contributed by atoms with van der Waals surface area (Å²) >= 11 is 0. The Hall–Kier alpha value is -1.06. The summed E-state index contributed by atoms with van der Waals surface area (Å²) in [6.45, 7) is 9.38. The monoisotopic (exact) mass is 304 g/mol. The Bertz CT molecular complexity index is 422. The molecule has 22 heavy (non-hydrogen) atoms. The lowest BCUT2D eigenvalue weighted by molar-refractivity contribution is 0.156. The lowest BCUT2D eigenvalue weighted by atomic mass is 10.0. The fourth-order valence-corrected chi connectivity index (χ4v) is 3.24. The van der Waals surface area contributed by atoms with E-state index in [-0.39, 0.29) is 0 Å². The van der Waals surface area contributed by atoms with E-state index in [1.807, 2.05) is 0 Å². The van der Waals surface area contributed by atoms with Gasteiger partial charge in [0.2, 0.25) is 0 Å². The van der Waals surface area contributed by atoms with Crippen molar-refractivity contribution in [1.29, 1.82) is 0 Å². The quantitative estimate of drug-likeness (QED) is 0.834. The molecule has 0 bridgehead atoms. The van der Waals surface area contributed by atoms with E-state index in [1.54, 1.807) is 7.11 Å². The number of ether oxygens (including phenoxy) is 1. The van der Waals surface area contributed by atoms with Crippen LogP contribution in [0.2, 0.25) is 0 Å². The second-order valence-electron chi connectivity index (χ2n) is 6.86. The third-order valence-corrected chi connectivity index (χ3v) is 4.81. The second kappa shape index (κ2) is 8.54. The highest BCUT2D eigenvalue weighted by molar-refractivity contribution is 5.27. The lowest BCUT2D eigenvalue weighted by Gasteiger charge is -2.36. The van der Waals surface area contributed by atoms with Gasteiger partial charge in [0.15, 0.2) is 0 Å². The first-order valence-electron chi connectivity index (χ1n) is 8.71. The molecule has 0 radical (unpaired) electrons. The molecule has 1 unspecified atom stereocenters. The Morgan fingerprint density at radius 2 is 1.77 bits per heavy atom. The van der Waals surface area contributed by atoms with E-state index < -0.39 is 0 Å². The summed E-state index contributed by atoms with van der Waals surface area (Å²) in [4.78, 5) is 2.58. The Morgan fingerprint density at radius 3 is 2.32 bits per heavy atom. The van der Waals surface area contributed by atoms with Crippen LogP contribution in [-0.2, 0) is 6.42 Å². The van der Waals surface area contributed by atoms with Gasteiger partial charge in [-0.05, 0) is 77.2 Å². The normalized spacial score (nSPS) is 18.6. The molecule has 0 aromatic heterocycles. The van der Waals surface area contributed by atoms with Gasteiger partial charge in [-0.2, -0.15) is 0 Å².